The lowest BCUT2D eigenvalue weighted by Crippen LogP contribution is -2.43. The largest absolute Gasteiger partial charge is 0.339 e. The van der Waals surface area contributed by atoms with E-state index in [0.717, 1.165) is 38.4 Å². The van der Waals surface area contributed by atoms with E-state index in [0.29, 0.717) is 17.2 Å². The number of nitrogens with zero attached hydrogens (tertiary/aromatic N) is 2. The predicted octanol–water partition coefficient (Wildman–Crippen LogP) is 2.58. The predicted molar refractivity (Wildman–Crippen MR) is 88.1 cm³/mol. The lowest BCUT2D eigenvalue weighted by molar-refractivity contribution is 0.0674. The molecule has 0 spiro atoms. The summed E-state index contributed by atoms with van der Waals surface area (Å²) >= 11 is 0. The zero-order chi connectivity index (χ0) is 14.7. The lowest BCUT2D eigenvalue weighted by atomic mass is 9.88. The summed E-state index contributed by atoms with van der Waals surface area (Å²) in [5.74, 6) is 0.815. The SMILES string of the molecule is Cl.N#Cc1ccc(C(=O)N2CCC(C3CCCN3)CC2)cc1. The molecular weight excluding hydrogens is 298 g/mol. The smallest absolute Gasteiger partial charge is 0.253 e. The van der Waals surface area contributed by atoms with E-state index in [4.69, 9.17) is 5.26 Å². The van der Waals surface area contributed by atoms with Gasteiger partial charge in [0.1, 0.15) is 0 Å². The van der Waals surface area contributed by atoms with Gasteiger partial charge in [-0.15, -0.1) is 12.4 Å². The van der Waals surface area contributed by atoms with Crippen molar-refractivity contribution < 1.29 is 4.79 Å². The molecule has 2 heterocycles. The molecule has 2 fully saturated rings. The van der Waals surface area contributed by atoms with Gasteiger partial charge in [0.15, 0.2) is 0 Å². The summed E-state index contributed by atoms with van der Waals surface area (Å²) in [5, 5.41) is 12.4. The van der Waals surface area contributed by atoms with E-state index in [-0.39, 0.29) is 18.3 Å². The van der Waals surface area contributed by atoms with Crippen LogP contribution in [0, 0.1) is 17.2 Å². The van der Waals surface area contributed by atoms with Gasteiger partial charge >= 0.3 is 0 Å². The fraction of sp³-hybridized carbons (Fsp3) is 0.529. The lowest BCUT2D eigenvalue weighted by Gasteiger charge is -2.35. The Bertz CT molecular complexity index is 538. The van der Waals surface area contributed by atoms with Crippen molar-refractivity contribution in [1.82, 2.24) is 10.2 Å². The fourth-order valence-electron chi connectivity index (χ4n) is 3.49. The van der Waals surface area contributed by atoms with Crippen LogP contribution in [0.15, 0.2) is 24.3 Å². The summed E-state index contributed by atoms with van der Waals surface area (Å²) in [6, 6.07) is 9.67. The van der Waals surface area contributed by atoms with Crippen LogP contribution >= 0.6 is 12.4 Å². The number of benzene rings is 1. The summed E-state index contributed by atoms with van der Waals surface area (Å²) in [7, 11) is 0. The zero-order valence-electron chi connectivity index (χ0n) is 12.6. The van der Waals surface area contributed by atoms with Gasteiger partial charge in [0, 0.05) is 24.7 Å². The number of halogens is 1. The molecule has 0 radical (unpaired) electrons. The van der Waals surface area contributed by atoms with Gasteiger partial charge in [0.05, 0.1) is 11.6 Å². The number of amides is 1. The minimum atomic E-state index is 0. The van der Waals surface area contributed by atoms with Crippen LogP contribution < -0.4 is 5.32 Å². The van der Waals surface area contributed by atoms with E-state index in [1.165, 1.54) is 12.8 Å². The molecule has 3 rings (SSSR count). The average molecular weight is 320 g/mol. The molecule has 1 aromatic rings. The van der Waals surface area contributed by atoms with Crippen molar-refractivity contribution in [2.24, 2.45) is 5.92 Å². The third-order valence-electron chi connectivity index (χ3n) is 4.76. The first-order chi connectivity index (χ1) is 10.3. The molecule has 0 aliphatic carbocycles. The van der Waals surface area contributed by atoms with Gasteiger partial charge in [-0.05, 0) is 62.4 Å². The Morgan fingerprint density at radius 2 is 1.86 bits per heavy atom. The molecule has 2 aliphatic rings. The van der Waals surface area contributed by atoms with Crippen molar-refractivity contribution in [3.8, 4) is 6.07 Å². The van der Waals surface area contributed by atoms with Gasteiger partial charge in [-0.25, -0.2) is 0 Å². The Kier molecular flexibility index (Phi) is 5.82. The number of rotatable bonds is 2. The minimum Gasteiger partial charge on any atom is -0.339 e. The van der Waals surface area contributed by atoms with Crippen LogP contribution in [-0.4, -0.2) is 36.5 Å². The summed E-state index contributed by atoms with van der Waals surface area (Å²) in [4.78, 5) is 14.4. The van der Waals surface area contributed by atoms with E-state index in [1.54, 1.807) is 24.3 Å². The maximum absolute atomic E-state index is 12.5. The normalized spacial score (nSPS) is 22.0. The van der Waals surface area contributed by atoms with Gasteiger partial charge in [-0.3, -0.25) is 4.79 Å². The van der Waals surface area contributed by atoms with Crippen LogP contribution in [0.2, 0.25) is 0 Å². The van der Waals surface area contributed by atoms with E-state index >= 15 is 0 Å². The minimum absolute atomic E-state index is 0. The standard InChI is InChI=1S/C17H21N3O.ClH/c18-12-13-3-5-15(6-4-13)17(21)20-10-7-14(8-11-20)16-2-1-9-19-16;/h3-6,14,16,19H,1-2,7-11H2;1H. The van der Waals surface area contributed by atoms with Crippen molar-refractivity contribution >= 4 is 18.3 Å². The summed E-state index contributed by atoms with van der Waals surface area (Å²) in [6.45, 7) is 2.85. The highest BCUT2D eigenvalue weighted by molar-refractivity contribution is 5.94. The Hall–Kier alpha value is -1.57. The number of likely N-dealkylation sites (tertiary alicyclic amines) is 1. The van der Waals surface area contributed by atoms with Crippen LogP contribution in [0.1, 0.15) is 41.6 Å². The highest BCUT2D eigenvalue weighted by atomic mass is 35.5. The quantitative estimate of drug-likeness (QED) is 0.911. The van der Waals surface area contributed by atoms with Crippen LogP contribution in [0.4, 0.5) is 0 Å². The molecule has 1 amide bonds. The highest BCUT2D eigenvalue weighted by Crippen LogP contribution is 2.26. The van der Waals surface area contributed by atoms with Crippen molar-refractivity contribution in [2.75, 3.05) is 19.6 Å². The first-order valence-corrected chi connectivity index (χ1v) is 7.81. The number of carbonyl (C=O) groups excluding carboxylic acids is 1. The first-order valence-electron chi connectivity index (χ1n) is 7.81. The molecule has 5 heteroatoms. The molecule has 118 valence electrons. The molecule has 22 heavy (non-hydrogen) atoms. The molecule has 1 atom stereocenters. The number of hydrogen-bond acceptors (Lipinski definition) is 3. The maximum atomic E-state index is 12.5. The molecule has 1 aromatic carbocycles. The second-order valence-corrected chi connectivity index (χ2v) is 6.02. The van der Waals surface area contributed by atoms with E-state index in [1.807, 2.05) is 4.90 Å². The molecule has 1 N–H and O–H groups in total. The number of nitriles is 1. The van der Waals surface area contributed by atoms with Gasteiger partial charge in [-0.2, -0.15) is 5.26 Å². The van der Waals surface area contributed by atoms with Crippen molar-refractivity contribution in [3.63, 3.8) is 0 Å². The van der Waals surface area contributed by atoms with Gasteiger partial charge < -0.3 is 10.2 Å². The Morgan fingerprint density at radius 3 is 2.41 bits per heavy atom. The van der Waals surface area contributed by atoms with Crippen LogP contribution in [0.5, 0.6) is 0 Å². The molecule has 0 aromatic heterocycles. The van der Waals surface area contributed by atoms with Crippen LogP contribution in [0.25, 0.3) is 0 Å². The zero-order valence-corrected chi connectivity index (χ0v) is 13.4. The Morgan fingerprint density at radius 1 is 1.18 bits per heavy atom. The Balaban J connectivity index is 0.00000176. The molecule has 2 aliphatic heterocycles. The van der Waals surface area contributed by atoms with Crippen LogP contribution in [0.3, 0.4) is 0 Å². The molecule has 2 saturated heterocycles. The van der Waals surface area contributed by atoms with Crippen molar-refractivity contribution in [3.05, 3.63) is 35.4 Å². The number of piperidine rings is 1. The molecular formula is C17H22ClN3O. The Labute approximate surface area is 137 Å². The van der Waals surface area contributed by atoms with Gasteiger partial charge in [0.25, 0.3) is 5.91 Å². The van der Waals surface area contributed by atoms with Crippen molar-refractivity contribution in [2.45, 2.75) is 31.7 Å². The third kappa shape index (κ3) is 3.60. The average Bonchev–Trinajstić information content (AvgIpc) is 3.09. The fourth-order valence-corrected chi connectivity index (χ4v) is 3.49. The van der Waals surface area contributed by atoms with E-state index < -0.39 is 0 Å². The third-order valence-corrected chi connectivity index (χ3v) is 4.76. The van der Waals surface area contributed by atoms with E-state index in [2.05, 4.69) is 11.4 Å². The number of nitrogens with one attached hydrogen (secondary N) is 1. The summed E-state index contributed by atoms with van der Waals surface area (Å²) in [6.07, 6.45) is 4.77. The maximum Gasteiger partial charge on any atom is 0.253 e. The number of hydrogen-bond donors (Lipinski definition) is 1. The monoisotopic (exact) mass is 319 g/mol. The molecule has 0 bridgehead atoms. The van der Waals surface area contributed by atoms with E-state index in [9.17, 15) is 4.79 Å². The van der Waals surface area contributed by atoms with Gasteiger partial charge in [0.2, 0.25) is 0 Å². The molecule has 4 nitrogen and oxygen atoms in total. The molecule has 0 saturated carbocycles. The van der Waals surface area contributed by atoms with Crippen LogP contribution in [-0.2, 0) is 0 Å². The molecule has 1 unspecified atom stereocenters. The van der Waals surface area contributed by atoms with Crippen molar-refractivity contribution in [1.29, 1.82) is 5.26 Å². The topological polar surface area (TPSA) is 56.1 Å². The second-order valence-electron chi connectivity index (χ2n) is 6.02. The first kappa shape index (κ1) is 16.8. The summed E-state index contributed by atoms with van der Waals surface area (Å²) in [5.41, 5.74) is 1.28. The summed E-state index contributed by atoms with van der Waals surface area (Å²) < 4.78 is 0. The highest BCUT2D eigenvalue weighted by Gasteiger charge is 2.30. The number of carbonyl (C=O) groups is 1. The van der Waals surface area contributed by atoms with Gasteiger partial charge in [-0.1, -0.05) is 0 Å². The second kappa shape index (κ2) is 7.62.